The predicted octanol–water partition coefficient (Wildman–Crippen LogP) is 2.50. The van der Waals surface area contributed by atoms with Crippen molar-refractivity contribution in [2.24, 2.45) is 16.6 Å². The van der Waals surface area contributed by atoms with Crippen LogP contribution in [0.3, 0.4) is 0 Å². The summed E-state index contributed by atoms with van der Waals surface area (Å²) in [5, 5.41) is 0. The summed E-state index contributed by atoms with van der Waals surface area (Å²) >= 11 is 0. The topological polar surface area (TPSA) is 26.0 Å². The molecule has 2 heteroatoms. The van der Waals surface area contributed by atoms with Gasteiger partial charge in [0.05, 0.1) is 0 Å². The van der Waals surface area contributed by atoms with Crippen molar-refractivity contribution in [1.82, 2.24) is 0 Å². The summed E-state index contributed by atoms with van der Waals surface area (Å²) in [7, 11) is 0. The zero-order valence-corrected chi connectivity index (χ0v) is 8.52. The maximum Gasteiger partial charge on any atom is 0.120 e. The molecular weight excluding hydrogens is 153 g/mol. The van der Waals surface area contributed by atoms with E-state index in [0.717, 1.165) is 12.8 Å². The molecule has 0 aromatic heterocycles. The van der Waals surface area contributed by atoms with Crippen molar-refractivity contribution in [2.75, 3.05) is 0 Å². The van der Waals surface area contributed by atoms with Gasteiger partial charge in [-0.05, 0) is 23.7 Å². The lowest BCUT2D eigenvalue weighted by atomic mass is 9.63. The molecule has 0 heterocycles. The molecule has 1 aliphatic rings. The van der Waals surface area contributed by atoms with Gasteiger partial charge in [0.1, 0.15) is 6.17 Å². The molecule has 0 bridgehead atoms. The summed E-state index contributed by atoms with van der Waals surface area (Å²) in [6.07, 6.45) is 0.887. The van der Waals surface area contributed by atoms with Crippen molar-refractivity contribution in [3.8, 4) is 0 Å². The number of hydrogen-bond donors (Lipinski definition) is 1. The smallest absolute Gasteiger partial charge is 0.120 e. The van der Waals surface area contributed by atoms with Gasteiger partial charge < -0.3 is 5.73 Å². The van der Waals surface area contributed by atoms with Gasteiger partial charge in [0.2, 0.25) is 0 Å². The maximum absolute atomic E-state index is 13.6. The lowest BCUT2D eigenvalue weighted by Crippen LogP contribution is -2.50. The zero-order chi connectivity index (χ0) is 9.57. The second-order valence-corrected chi connectivity index (χ2v) is 5.60. The molecule has 12 heavy (non-hydrogen) atoms. The highest BCUT2D eigenvalue weighted by atomic mass is 19.1. The Morgan fingerprint density at radius 2 is 1.75 bits per heavy atom. The molecule has 0 aromatic rings. The van der Waals surface area contributed by atoms with Gasteiger partial charge in [0.25, 0.3) is 0 Å². The highest BCUT2D eigenvalue weighted by Crippen LogP contribution is 2.46. The molecule has 1 saturated carbocycles. The van der Waals surface area contributed by atoms with E-state index in [2.05, 4.69) is 13.8 Å². The summed E-state index contributed by atoms with van der Waals surface area (Å²) in [5.41, 5.74) is 5.71. The fraction of sp³-hybridized carbons (Fsp3) is 1.00. The first kappa shape index (κ1) is 9.97. The molecule has 0 amide bonds. The van der Waals surface area contributed by atoms with E-state index >= 15 is 0 Å². The molecule has 2 N–H and O–H groups in total. The van der Waals surface area contributed by atoms with Crippen LogP contribution in [0.15, 0.2) is 0 Å². The van der Waals surface area contributed by atoms with Crippen molar-refractivity contribution in [2.45, 2.75) is 52.8 Å². The first-order valence-corrected chi connectivity index (χ1v) is 4.64. The second-order valence-electron chi connectivity index (χ2n) is 5.60. The van der Waals surface area contributed by atoms with Gasteiger partial charge in [0, 0.05) is 6.04 Å². The summed E-state index contributed by atoms with van der Waals surface area (Å²) in [6, 6.07) is -0.274. The van der Waals surface area contributed by atoms with Crippen molar-refractivity contribution < 1.29 is 4.39 Å². The van der Waals surface area contributed by atoms with Gasteiger partial charge in [-0.3, -0.25) is 0 Å². The van der Waals surface area contributed by atoms with Crippen LogP contribution < -0.4 is 5.73 Å². The van der Waals surface area contributed by atoms with Crippen LogP contribution in [0.2, 0.25) is 0 Å². The molecule has 72 valence electrons. The highest BCUT2D eigenvalue weighted by Gasteiger charge is 2.44. The largest absolute Gasteiger partial charge is 0.325 e. The standard InChI is InChI=1S/C10H20FN/c1-9(2)5-7(12)8(11)10(3,4)6-9/h7-8H,5-6,12H2,1-4H3. The third-order valence-corrected chi connectivity index (χ3v) is 2.84. The van der Waals surface area contributed by atoms with Crippen LogP contribution in [-0.2, 0) is 0 Å². The number of alkyl halides is 1. The Morgan fingerprint density at radius 3 is 2.17 bits per heavy atom. The molecule has 0 radical (unpaired) electrons. The van der Waals surface area contributed by atoms with E-state index < -0.39 is 6.17 Å². The number of halogens is 1. The third-order valence-electron chi connectivity index (χ3n) is 2.84. The average Bonchev–Trinajstić information content (AvgIpc) is 1.79. The third kappa shape index (κ3) is 1.79. The number of rotatable bonds is 0. The first-order chi connectivity index (χ1) is 5.25. The molecule has 0 saturated heterocycles. The lowest BCUT2D eigenvalue weighted by Gasteiger charge is -2.46. The van der Waals surface area contributed by atoms with Crippen LogP contribution in [0.1, 0.15) is 40.5 Å². The Morgan fingerprint density at radius 1 is 1.25 bits per heavy atom. The average molecular weight is 173 g/mol. The minimum Gasteiger partial charge on any atom is -0.325 e. The molecule has 0 spiro atoms. The van der Waals surface area contributed by atoms with E-state index in [9.17, 15) is 4.39 Å². The summed E-state index contributed by atoms with van der Waals surface area (Å²) in [5.74, 6) is 0. The predicted molar refractivity (Wildman–Crippen MR) is 49.7 cm³/mol. The van der Waals surface area contributed by atoms with E-state index in [-0.39, 0.29) is 16.9 Å². The highest BCUT2D eigenvalue weighted by molar-refractivity contribution is 4.97. The first-order valence-electron chi connectivity index (χ1n) is 4.64. The molecule has 1 fully saturated rings. The van der Waals surface area contributed by atoms with Crippen LogP contribution in [0.4, 0.5) is 4.39 Å². The Bertz CT molecular complexity index is 175. The molecule has 1 nitrogen and oxygen atoms in total. The summed E-state index contributed by atoms with van der Waals surface area (Å²) in [6.45, 7) is 8.28. The monoisotopic (exact) mass is 173 g/mol. The van der Waals surface area contributed by atoms with E-state index in [4.69, 9.17) is 5.73 Å². The Labute approximate surface area is 74.5 Å². The Hall–Kier alpha value is -0.110. The van der Waals surface area contributed by atoms with Gasteiger partial charge >= 0.3 is 0 Å². The summed E-state index contributed by atoms with van der Waals surface area (Å²) in [4.78, 5) is 0. The van der Waals surface area contributed by atoms with Crippen LogP contribution in [0.5, 0.6) is 0 Å². The Kier molecular flexibility index (Phi) is 2.24. The molecule has 0 aliphatic heterocycles. The minimum atomic E-state index is -0.842. The van der Waals surface area contributed by atoms with Gasteiger partial charge in [-0.25, -0.2) is 4.39 Å². The molecule has 0 aromatic carbocycles. The minimum absolute atomic E-state index is 0.200. The molecule has 2 unspecified atom stereocenters. The van der Waals surface area contributed by atoms with Crippen molar-refractivity contribution in [1.29, 1.82) is 0 Å². The van der Waals surface area contributed by atoms with Gasteiger partial charge in [0.15, 0.2) is 0 Å². The lowest BCUT2D eigenvalue weighted by molar-refractivity contribution is 0.00609. The van der Waals surface area contributed by atoms with E-state index in [1.54, 1.807) is 0 Å². The van der Waals surface area contributed by atoms with Gasteiger partial charge in [-0.1, -0.05) is 27.7 Å². The normalized spacial score (nSPS) is 39.5. The van der Waals surface area contributed by atoms with Gasteiger partial charge in [-0.2, -0.15) is 0 Å². The van der Waals surface area contributed by atoms with E-state index in [1.807, 2.05) is 13.8 Å². The SMILES string of the molecule is CC1(C)CC(N)C(F)C(C)(C)C1. The summed E-state index contributed by atoms with van der Waals surface area (Å²) < 4.78 is 13.6. The molecule has 1 rings (SSSR count). The second kappa shape index (κ2) is 2.69. The fourth-order valence-corrected chi connectivity index (χ4v) is 2.72. The zero-order valence-electron chi connectivity index (χ0n) is 8.52. The van der Waals surface area contributed by atoms with Gasteiger partial charge in [-0.15, -0.1) is 0 Å². The Balaban J connectivity index is 2.80. The molecule has 1 aliphatic carbocycles. The molecular formula is C10H20FN. The van der Waals surface area contributed by atoms with Crippen molar-refractivity contribution >= 4 is 0 Å². The van der Waals surface area contributed by atoms with Crippen molar-refractivity contribution in [3.05, 3.63) is 0 Å². The van der Waals surface area contributed by atoms with Crippen molar-refractivity contribution in [3.63, 3.8) is 0 Å². The quantitative estimate of drug-likeness (QED) is 0.598. The number of hydrogen-bond acceptors (Lipinski definition) is 1. The van der Waals surface area contributed by atoms with Crippen LogP contribution in [0, 0.1) is 10.8 Å². The number of nitrogens with two attached hydrogens (primary N) is 1. The van der Waals surface area contributed by atoms with E-state index in [0.29, 0.717) is 0 Å². The van der Waals surface area contributed by atoms with Crippen LogP contribution in [0.25, 0.3) is 0 Å². The van der Waals surface area contributed by atoms with Crippen LogP contribution in [-0.4, -0.2) is 12.2 Å². The molecule has 2 atom stereocenters. The fourth-order valence-electron chi connectivity index (χ4n) is 2.72. The van der Waals surface area contributed by atoms with E-state index in [1.165, 1.54) is 0 Å². The maximum atomic E-state index is 13.6. The van der Waals surface area contributed by atoms with Crippen LogP contribution >= 0.6 is 0 Å².